The average Bonchev–Trinajstić information content (AvgIpc) is 3.44. The molecule has 0 spiro atoms. The lowest BCUT2D eigenvalue weighted by atomic mass is 9.47. The number of fused-ring (bicyclic) bond motifs is 1. The van der Waals surface area contributed by atoms with E-state index in [1.54, 1.807) is 6.20 Å². The molecule has 0 radical (unpaired) electrons. The number of amides is 1. The monoisotopic (exact) mass is 538 g/mol. The van der Waals surface area contributed by atoms with Crippen LogP contribution in [0.25, 0.3) is 11.1 Å². The van der Waals surface area contributed by atoms with Gasteiger partial charge in [0.2, 0.25) is 5.91 Å². The summed E-state index contributed by atoms with van der Waals surface area (Å²) < 4.78 is 0. The Balaban J connectivity index is 1.14. The lowest BCUT2D eigenvalue weighted by Crippen LogP contribution is -2.53. The number of carbonyl (C=O) groups excluding carboxylic acids is 1. The third kappa shape index (κ3) is 3.70. The third-order valence-electron chi connectivity index (χ3n) is 8.55. The SMILES string of the molecule is CC1(C(=O)Nc2nc(Cc3ccc(-c4cccnc4)cc3)cs2)CC2(C#N)c3ccccc3C1c1ccccc12. The summed E-state index contributed by atoms with van der Waals surface area (Å²) in [4.78, 5) is 23.0. The van der Waals surface area contributed by atoms with Gasteiger partial charge in [0.05, 0.1) is 17.2 Å². The maximum atomic E-state index is 14.0. The van der Waals surface area contributed by atoms with E-state index in [4.69, 9.17) is 4.98 Å². The summed E-state index contributed by atoms with van der Waals surface area (Å²) >= 11 is 1.44. The molecule has 3 aromatic carbocycles. The zero-order chi connectivity index (χ0) is 27.3. The molecule has 6 heteroatoms. The molecule has 8 rings (SSSR count). The first-order valence-corrected chi connectivity index (χ1v) is 14.2. The molecule has 194 valence electrons. The predicted octanol–water partition coefficient (Wildman–Crippen LogP) is 7.10. The topological polar surface area (TPSA) is 78.7 Å². The molecule has 5 aromatic rings. The van der Waals surface area contributed by atoms with E-state index < -0.39 is 10.8 Å². The smallest absolute Gasteiger partial charge is 0.233 e. The van der Waals surface area contributed by atoms with E-state index in [1.807, 2.05) is 54.9 Å². The molecule has 1 N–H and O–H groups in total. The number of pyridine rings is 1. The van der Waals surface area contributed by atoms with Crippen molar-refractivity contribution in [2.45, 2.75) is 31.1 Å². The van der Waals surface area contributed by atoms with E-state index in [9.17, 15) is 10.1 Å². The molecular weight excluding hydrogens is 512 g/mol. The number of hydrogen-bond donors (Lipinski definition) is 1. The van der Waals surface area contributed by atoms with E-state index in [0.29, 0.717) is 18.0 Å². The number of anilines is 1. The molecular formula is C34H26N4OS. The first kappa shape index (κ1) is 24.4. The van der Waals surface area contributed by atoms with Crippen molar-refractivity contribution in [3.05, 3.63) is 136 Å². The van der Waals surface area contributed by atoms with Crippen LogP contribution in [0.3, 0.4) is 0 Å². The standard InChI is InChI=1S/C34H26N4OS/c1-33(20-34(21-35)28-10-4-2-8-26(28)30(33)27-9-3-5-11-29(27)34)31(39)38-32-37-25(19-40-32)17-22-12-14-23(15-13-22)24-7-6-16-36-18-24/h2-16,18-19,30H,17,20H2,1H3,(H,37,38,39). The molecule has 2 heterocycles. The first-order valence-electron chi connectivity index (χ1n) is 13.4. The molecule has 0 fully saturated rings. The zero-order valence-corrected chi connectivity index (χ0v) is 22.8. The summed E-state index contributed by atoms with van der Waals surface area (Å²) in [5.74, 6) is -0.226. The Labute approximate surface area is 237 Å². The number of aromatic nitrogens is 2. The van der Waals surface area contributed by atoms with E-state index in [0.717, 1.165) is 44.6 Å². The van der Waals surface area contributed by atoms with Crippen molar-refractivity contribution in [2.75, 3.05) is 5.32 Å². The summed E-state index contributed by atoms with van der Waals surface area (Å²) in [7, 11) is 0. The van der Waals surface area contributed by atoms with Crippen LogP contribution in [0.2, 0.25) is 0 Å². The fourth-order valence-corrected chi connectivity index (χ4v) is 7.44. The van der Waals surface area contributed by atoms with Gasteiger partial charge in [0.15, 0.2) is 5.13 Å². The van der Waals surface area contributed by atoms with Gasteiger partial charge in [-0.1, -0.05) is 78.9 Å². The second-order valence-electron chi connectivity index (χ2n) is 10.9. The van der Waals surface area contributed by atoms with Gasteiger partial charge in [-0.15, -0.1) is 11.3 Å². The Hall–Kier alpha value is -4.60. The van der Waals surface area contributed by atoms with Gasteiger partial charge < -0.3 is 5.32 Å². The Kier molecular flexibility index (Phi) is 5.65. The molecule has 0 saturated carbocycles. The molecule has 1 amide bonds. The number of benzene rings is 3. The number of rotatable bonds is 5. The number of nitrogens with one attached hydrogen (secondary N) is 1. The molecule has 2 aromatic heterocycles. The van der Waals surface area contributed by atoms with Gasteiger partial charge in [-0.2, -0.15) is 5.26 Å². The summed E-state index contributed by atoms with van der Waals surface area (Å²) in [5.41, 5.74) is 6.80. The van der Waals surface area contributed by atoms with Crippen LogP contribution in [0.4, 0.5) is 5.13 Å². The quantitative estimate of drug-likeness (QED) is 0.259. The van der Waals surface area contributed by atoms with E-state index in [-0.39, 0.29) is 11.8 Å². The molecule has 0 aliphatic heterocycles. The van der Waals surface area contributed by atoms with Crippen LogP contribution in [-0.2, 0) is 16.6 Å². The minimum atomic E-state index is -0.857. The van der Waals surface area contributed by atoms with E-state index in [2.05, 4.69) is 64.9 Å². The van der Waals surface area contributed by atoms with Gasteiger partial charge in [-0.05, 0) is 58.4 Å². The molecule has 40 heavy (non-hydrogen) atoms. The van der Waals surface area contributed by atoms with Crippen LogP contribution in [0.5, 0.6) is 0 Å². The van der Waals surface area contributed by atoms with Gasteiger partial charge in [0.1, 0.15) is 5.41 Å². The van der Waals surface area contributed by atoms with Crippen molar-refractivity contribution in [3.63, 3.8) is 0 Å². The van der Waals surface area contributed by atoms with Crippen molar-refractivity contribution in [3.8, 4) is 17.2 Å². The maximum Gasteiger partial charge on any atom is 0.233 e. The van der Waals surface area contributed by atoms with Crippen LogP contribution in [0.1, 0.15) is 52.8 Å². The van der Waals surface area contributed by atoms with Crippen LogP contribution in [0, 0.1) is 16.7 Å². The van der Waals surface area contributed by atoms with Gasteiger partial charge in [0, 0.05) is 30.1 Å². The largest absolute Gasteiger partial charge is 0.301 e. The normalized spacial score (nSPS) is 22.1. The molecule has 2 bridgehead atoms. The van der Waals surface area contributed by atoms with Crippen molar-refractivity contribution >= 4 is 22.4 Å². The van der Waals surface area contributed by atoms with E-state index in [1.165, 1.54) is 11.3 Å². The zero-order valence-electron chi connectivity index (χ0n) is 22.0. The Morgan fingerprint density at radius 3 is 2.33 bits per heavy atom. The minimum Gasteiger partial charge on any atom is -0.301 e. The summed E-state index contributed by atoms with van der Waals surface area (Å²) in [6.45, 7) is 2.00. The molecule has 3 aliphatic rings. The van der Waals surface area contributed by atoms with Gasteiger partial charge in [0.25, 0.3) is 0 Å². The fraction of sp³-hybridized carbons (Fsp3) is 0.176. The lowest BCUT2D eigenvalue weighted by molar-refractivity contribution is -0.127. The fourth-order valence-electron chi connectivity index (χ4n) is 6.73. The highest BCUT2D eigenvalue weighted by atomic mass is 32.1. The van der Waals surface area contributed by atoms with Crippen molar-refractivity contribution in [2.24, 2.45) is 5.41 Å². The lowest BCUT2D eigenvalue weighted by Gasteiger charge is -2.54. The second-order valence-corrected chi connectivity index (χ2v) is 11.8. The predicted molar refractivity (Wildman–Crippen MR) is 157 cm³/mol. The van der Waals surface area contributed by atoms with Crippen LogP contribution in [0.15, 0.2) is 103 Å². The van der Waals surface area contributed by atoms with Crippen molar-refractivity contribution in [1.29, 1.82) is 5.26 Å². The Morgan fingerprint density at radius 1 is 0.975 bits per heavy atom. The number of thiazole rings is 1. The van der Waals surface area contributed by atoms with E-state index >= 15 is 0 Å². The van der Waals surface area contributed by atoms with Crippen LogP contribution < -0.4 is 5.32 Å². The molecule has 3 aliphatic carbocycles. The maximum absolute atomic E-state index is 14.0. The highest BCUT2D eigenvalue weighted by Crippen LogP contribution is 2.63. The second kappa shape index (κ2) is 9.25. The van der Waals surface area contributed by atoms with Crippen LogP contribution >= 0.6 is 11.3 Å². The third-order valence-corrected chi connectivity index (χ3v) is 9.36. The van der Waals surface area contributed by atoms with Gasteiger partial charge >= 0.3 is 0 Å². The number of nitriles is 1. The molecule has 1 unspecified atom stereocenters. The summed E-state index contributed by atoms with van der Waals surface area (Å²) in [6, 6.07) is 31.3. The van der Waals surface area contributed by atoms with Crippen molar-refractivity contribution < 1.29 is 4.79 Å². The average molecular weight is 539 g/mol. The Bertz CT molecular complexity index is 1740. The molecule has 1 atom stereocenters. The number of hydrogen-bond acceptors (Lipinski definition) is 5. The first-order chi connectivity index (χ1) is 19.5. The highest BCUT2D eigenvalue weighted by molar-refractivity contribution is 7.13. The number of nitrogens with zero attached hydrogens (tertiary/aromatic N) is 3. The molecule has 0 saturated heterocycles. The summed E-state index contributed by atoms with van der Waals surface area (Å²) in [6.07, 6.45) is 4.74. The minimum absolute atomic E-state index is 0.0946. The van der Waals surface area contributed by atoms with Gasteiger partial charge in [-0.25, -0.2) is 4.98 Å². The van der Waals surface area contributed by atoms with Gasteiger partial charge in [-0.3, -0.25) is 9.78 Å². The summed E-state index contributed by atoms with van der Waals surface area (Å²) in [5, 5.41) is 16.3. The molecule has 5 nitrogen and oxygen atoms in total. The van der Waals surface area contributed by atoms with Crippen LogP contribution in [-0.4, -0.2) is 15.9 Å². The Morgan fingerprint density at radius 2 is 1.68 bits per heavy atom. The number of carbonyl (C=O) groups is 1. The van der Waals surface area contributed by atoms with Crippen molar-refractivity contribution in [1.82, 2.24) is 9.97 Å². The highest BCUT2D eigenvalue weighted by Gasteiger charge is 2.61.